The number of hydrogen-bond acceptors (Lipinski definition) is 3. The fraction of sp³-hybridized carbons (Fsp3) is 0.778. The zero-order valence-corrected chi connectivity index (χ0v) is 14.7. The molecule has 0 radical (unpaired) electrons. The molecule has 21 heavy (non-hydrogen) atoms. The van der Waals surface area contributed by atoms with Crippen LogP contribution < -0.4 is 5.32 Å². The molecule has 1 aliphatic rings. The zero-order valence-electron chi connectivity index (χ0n) is 13.9. The molecule has 0 aromatic carbocycles. The van der Waals surface area contributed by atoms with Crippen molar-refractivity contribution in [2.75, 3.05) is 13.7 Å². The van der Waals surface area contributed by atoms with Gasteiger partial charge in [-0.05, 0) is 68.9 Å². The van der Waals surface area contributed by atoms with Gasteiger partial charge in [0.25, 0.3) is 0 Å². The molecule has 1 aliphatic carbocycles. The van der Waals surface area contributed by atoms with Crippen molar-refractivity contribution in [3.63, 3.8) is 0 Å². The molecule has 3 heteroatoms. The van der Waals surface area contributed by atoms with Crippen LogP contribution in [-0.2, 0) is 11.2 Å². The molecule has 1 aromatic rings. The highest BCUT2D eigenvalue weighted by Crippen LogP contribution is 2.38. The Kier molecular flexibility index (Phi) is 6.72. The van der Waals surface area contributed by atoms with Gasteiger partial charge in [0.15, 0.2) is 0 Å². The molecule has 0 aliphatic heterocycles. The van der Waals surface area contributed by atoms with Crippen molar-refractivity contribution in [1.82, 2.24) is 5.32 Å². The van der Waals surface area contributed by atoms with Gasteiger partial charge in [-0.1, -0.05) is 19.9 Å². The lowest BCUT2D eigenvalue weighted by atomic mass is 9.74. The van der Waals surface area contributed by atoms with E-state index in [9.17, 15) is 0 Å². The van der Waals surface area contributed by atoms with Crippen LogP contribution in [0.15, 0.2) is 17.5 Å². The summed E-state index contributed by atoms with van der Waals surface area (Å²) in [4.78, 5) is 1.49. The van der Waals surface area contributed by atoms with Crippen LogP contribution in [0.4, 0.5) is 0 Å². The van der Waals surface area contributed by atoms with Gasteiger partial charge in [0.05, 0.1) is 5.60 Å². The van der Waals surface area contributed by atoms with Crippen molar-refractivity contribution in [2.24, 2.45) is 5.92 Å². The van der Waals surface area contributed by atoms with Crippen molar-refractivity contribution < 1.29 is 4.74 Å². The second-order valence-electron chi connectivity index (χ2n) is 6.58. The monoisotopic (exact) mass is 309 g/mol. The van der Waals surface area contributed by atoms with Gasteiger partial charge >= 0.3 is 0 Å². The van der Waals surface area contributed by atoms with Gasteiger partial charge in [0, 0.05) is 18.0 Å². The van der Waals surface area contributed by atoms with E-state index < -0.39 is 0 Å². The quantitative estimate of drug-likeness (QED) is 0.755. The number of thiophene rings is 1. The lowest BCUT2D eigenvalue weighted by Crippen LogP contribution is -2.54. The number of methoxy groups -OCH3 is 1. The molecule has 120 valence electrons. The summed E-state index contributed by atoms with van der Waals surface area (Å²) < 4.78 is 6.10. The number of rotatable bonds is 8. The molecular weight excluding hydrogens is 278 g/mol. The summed E-state index contributed by atoms with van der Waals surface area (Å²) in [6, 6.07) is 4.89. The molecule has 0 spiro atoms. The maximum Gasteiger partial charge on any atom is 0.0831 e. The highest BCUT2D eigenvalue weighted by Gasteiger charge is 2.40. The van der Waals surface area contributed by atoms with Crippen LogP contribution in [0.3, 0.4) is 0 Å². The summed E-state index contributed by atoms with van der Waals surface area (Å²) in [6.45, 7) is 5.71. The van der Waals surface area contributed by atoms with Crippen LogP contribution in [0.2, 0.25) is 0 Å². The molecule has 1 aromatic heterocycles. The highest BCUT2D eigenvalue weighted by atomic mass is 32.1. The van der Waals surface area contributed by atoms with E-state index in [0.717, 1.165) is 12.5 Å². The Hall–Kier alpha value is -0.380. The molecule has 1 fully saturated rings. The molecule has 0 bridgehead atoms. The van der Waals surface area contributed by atoms with E-state index in [1.807, 2.05) is 18.4 Å². The van der Waals surface area contributed by atoms with Gasteiger partial charge in [-0.25, -0.2) is 0 Å². The predicted octanol–water partition coefficient (Wildman–Crippen LogP) is 4.64. The van der Waals surface area contributed by atoms with Crippen LogP contribution in [0, 0.1) is 5.92 Å². The van der Waals surface area contributed by atoms with E-state index in [-0.39, 0.29) is 5.60 Å². The van der Waals surface area contributed by atoms with Crippen LogP contribution >= 0.6 is 11.3 Å². The second kappa shape index (κ2) is 8.30. The number of nitrogens with one attached hydrogen (secondary N) is 1. The molecule has 0 amide bonds. The topological polar surface area (TPSA) is 21.3 Å². The van der Waals surface area contributed by atoms with Crippen LogP contribution in [0.25, 0.3) is 0 Å². The van der Waals surface area contributed by atoms with E-state index in [0.29, 0.717) is 6.04 Å². The zero-order chi connectivity index (χ0) is 15.1. The van der Waals surface area contributed by atoms with Gasteiger partial charge in [-0.2, -0.15) is 0 Å². The lowest BCUT2D eigenvalue weighted by molar-refractivity contribution is -0.0763. The summed E-state index contributed by atoms with van der Waals surface area (Å²) in [6.07, 6.45) is 8.55. The first-order chi connectivity index (χ1) is 10.2. The Morgan fingerprint density at radius 3 is 2.76 bits per heavy atom. The average Bonchev–Trinajstić information content (AvgIpc) is 3.02. The Bertz CT molecular complexity index is 382. The fourth-order valence-corrected chi connectivity index (χ4v) is 4.28. The third-order valence-electron chi connectivity index (χ3n) is 5.06. The Labute approximate surface area is 134 Å². The average molecular weight is 310 g/mol. The van der Waals surface area contributed by atoms with Gasteiger partial charge in [0.1, 0.15) is 0 Å². The molecule has 1 unspecified atom stereocenters. The van der Waals surface area contributed by atoms with Gasteiger partial charge in [-0.3, -0.25) is 0 Å². The van der Waals surface area contributed by atoms with E-state index in [1.165, 1.54) is 49.8 Å². The number of ether oxygens (including phenoxy) is 1. The smallest absolute Gasteiger partial charge is 0.0831 e. The fourth-order valence-electron chi connectivity index (χ4n) is 3.56. The SMILES string of the molecule is CCCNC(CCc1cccs1)C1(OC)CCC(C)CC1. The highest BCUT2D eigenvalue weighted by molar-refractivity contribution is 7.09. The van der Waals surface area contributed by atoms with E-state index in [2.05, 4.69) is 36.7 Å². The third-order valence-corrected chi connectivity index (χ3v) is 6.00. The number of hydrogen-bond donors (Lipinski definition) is 1. The lowest BCUT2D eigenvalue weighted by Gasteiger charge is -2.44. The molecule has 1 N–H and O–H groups in total. The van der Waals surface area contributed by atoms with Crippen LogP contribution in [0.5, 0.6) is 0 Å². The normalized spacial score (nSPS) is 27.7. The molecular formula is C18H31NOS. The Balaban J connectivity index is 2.01. The van der Waals surface area contributed by atoms with E-state index >= 15 is 0 Å². The van der Waals surface area contributed by atoms with Crippen LogP contribution in [0.1, 0.15) is 57.2 Å². The van der Waals surface area contributed by atoms with Crippen molar-refractivity contribution >= 4 is 11.3 Å². The molecule has 0 saturated heterocycles. The van der Waals surface area contributed by atoms with Crippen molar-refractivity contribution in [1.29, 1.82) is 0 Å². The minimum absolute atomic E-state index is 0.0545. The summed E-state index contributed by atoms with van der Waals surface area (Å²) in [5.74, 6) is 0.859. The summed E-state index contributed by atoms with van der Waals surface area (Å²) in [5, 5.41) is 5.97. The largest absolute Gasteiger partial charge is 0.377 e. The summed E-state index contributed by atoms with van der Waals surface area (Å²) >= 11 is 1.87. The van der Waals surface area contributed by atoms with Gasteiger partial charge in [0.2, 0.25) is 0 Å². The molecule has 2 nitrogen and oxygen atoms in total. The molecule has 1 atom stereocenters. The van der Waals surface area contributed by atoms with Crippen molar-refractivity contribution in [3.05, 3.63) is 22.4 Å². The van der Waals surface area contributed by atoms with Crippen molar-refractivity contribution in [3.8, 4) is 0 Å². The molecule has 1 heterocycles. The number of aryl methyl sites for hydroxylation is 1. The maximum atomic E-state index is 6.10. The summed E-state index contributed by atoms with van der Waals surface area (Å²) in [7, 11) is 1.92. The minimum atomic E-state index is 0.0545. The van der Waals surface area contributed by atoms with E-state index in [1.54, 1.807) is 0 Å². The van der Waals surface area contributed by atoms with Gasteiger partial charge < -0.3 is 10.1 Å². The Morgan fingerprint density at radius 1 is 1.43 bits per heavy atom. The maximum absolute atomic E-state index is 6.10. The first kappa shape index (κ1) is 17.0. The van der Waals surface area contributed by atoms with E-state index in [4.69, 9.17) is 4.74 Å². The first-order valence-electron chi connectivity index (χ1n) is 8.51. The summed E-state index contributed by atoms with van der Waals surface area (Å²) in [5.41, 5.74) is 0.0545. The minimum Gasteiger partial charge on any atom is -0.377 e. The third kappa shape index (κ3) is 4.54. The van der Waals surface area contributed by atoms with Crippen molar-refractivity contribution in [2.45, 2.75) is 70.4 Å². The Morgan fingerprint density at radius 2 is 2.19 bits per heavy atom. The second-order valence-corrected chi connectivity index (χ2v) is 7.61. The van der Waals surface area contributed by atoms with Crippen LogP contribution in [-0.4, -0.2) is 25.3 Å². The van der Waals surface area contributed by atoms with Gasteiger partial charge in [-0.15, -0.1) is 11.3 Å². The molecule has 2 rings (SSSR count). The first-order valence-corrected chi connectivity index (χ1v) is 9.39. The predicted molar refractivity (Wildman–Crippen MR) is 92.1 cm³/mol. The molecule has 1 saturated carbocycles. The standard InChI is InChI=1S/C18H31NOS/c1-4-13-19-17(8-7-16-6-5-14-21-16)18(20-3)11-9-15(2)10-12-18/h5-6,14-15,17,19H,4,7-13H2,1-3H3.